The van der Waals surface area contributed by atoms with E-state index in [4.69, 9.17) is 0 Å². The van der Waals surface area contributed by atoms with E-state index >= 15 is 0 Å². The molecular formula is C12H18. The largest absolute Gasteiger partial charge is 0.0801 e. The third-order valence-electron chi connectivity index (χ3n) is 2.34. The fourth-order valence-electron chi connectivity index (χ4n) is 1.43. The molecule has 0 spiro atoms. The molecular weight excluding hydrogens is 144 g/mol. The van der Waals surface area contributed by atoms with Gasteiger partial charge in [-0.2, -0.15) is 0 Å². The molecule has 1 aliphatic rings. The van der Waals surface area contributed by atoms with Gasteiger partial charge in [0.05, 0.1) is 0 Å². The van der Waals surface area contributed by atoms with Crippen molar-refractivity contribution in [2.75, 3.05) is 0 Å². The molecule has 0 aromatic carbocycles. The number of rotatable bonds is 3. The monoisotopic (exact) mass is 162 g/mol. The van der Waals surface area contributed by atoms with E-state index in [-0.39, 0.29) is 0 Å². The molecule has 12 heavy (non-hydrogen) atoms. The molecule has 0 fully saturated rings. The van der Waals surface area contributed by atoms with Gasteiger partial charge in [-0.25, -0.2) is 0 Å². The van der Waals surface area contributed by atoms with E-state index in [2.05, 4.69) is 38.2 Å². The lowest BCUT2D eigenvalue weighted by atomic mass is 9.99. The molecule has 0 N–H and O–H groups in total. The van der Waals surface area contributed by atoms with Gasteiger partial charge in [-0.1, -0.05) is 43.2 Å². The van der Waals surface area contributed by atoms with Crippen LogP contribution < -0.4 is 0 Å². The van der Waals surface area contributed by atoms with Crippen LogP contribution >= 0.6 is 0 Å². The predicted molar refractivity (Wildman–Crippen MR) is 55.1 cm³/mol. The van der Waals surface area contributed by atoms with Crippen molar-refractivity contribution in [1.82, 2.24) is 0 Å². The summed E-state index contributed by atoms with van der Waals surface area (Å²) in [6.45, 7) is 4.50. The van der Waals surface area contributed by atoms with Crippen LogP contribution in [0.1, 0.15) is 39.5 Å². The molecule has 0 nitrogen and oxygen atoms in total. The van der Waals surface area contributed by atoms with Crippen molar-refractivity contribution in [2.24, 2.45) is 0 Å². The first kappa shape index (κ1) is 9.31. The van der Waals surface area contributed by atoms with Gasteiger partial charge in [0.25, 0.3) is 0 Å². The molecule has 1 aliphatic carbocycles. The molecule has 0 unspecified atom stereocenters. The van der Waals surface area contributed by atoms with Crippen molar-refractivity contribution >= 4 is 0 Å². The molecule has 0 heterocycles. The first-order chi connectivity index (χ1) is 5.84. The van der Waals surface area contributed by atoms with E-state index in [9.17, 15) is 0 Å². The van der Waals surface area contributed by atoms with Crippen molar-refractivity contribution in [3.8, 4) is 0 Å². The Labute approximate surface area is 75.7 Å². The van der Waals surface area contributed by atoms with E-state index in [0.29, 0.717) is 0 Å². The zero-order valence-electron chi connectivity index (χ0n) is 8.14. The second kappa shape index (κ2) is 4.97. The van der Waals surface area contributed by atoms with Crippen LogP contribution in [0.2, 0.25) is 0 Å². The summed E-state index contributed by atoms with van der Waals surface area (Å²) in [5, 5.41) is 0. The normalized spacial score (nSPS) is 19.8. The van der Waals surface area contributed by atoms with Gasteiger partial charge in [0.2, 0.25) is 0 Å². The molecule has 66 valence electrons. The predicted octanol–water partition coefficient (Wildman–Crippen LogP) is 4.01. The van der Waals surface area contributed by atoms with Crippen LogP contribution in [-0.4, -0.2) is 0 Å². The Hall–Kier alpha value is -0.780. The lowest BCUT2D eigenvalue weighted by Gasteiger charge is -2.07. The molecule has 0 amide bonds. The highest BCUT2D eigenvalue weighted by atomic mass is 14.0. The van der Waals surface area contributed by atoms with E-state index in [1.54, 1.807) is 5.57 Å². The summed E-state index contributed by atoms with van der Waals surface area (Å²) in [6.07, 6.45) is 13.7. The number of hydrogen-bond donors (Lipinski definition) is 0. The Morgan fingerprint density at radius 1 is 1.42 bits per heavy atom. The minimum atomic E-state index is 1.13. The van der Waals surface area contributed by atoms with Gasteiger partial charge in [0, 0.05) is 0 Å². The minimum Gasteiger partial charge on any atom is -0.0801 e. The molecule has 0 heteroatoms. The number of allylic oxidation sites excluding steroid dienone is 6. The lowest BCUT2D eigenvalue weighted by molar-refractivity contribution is 0.780. The van der Waals surface area contributed by atoms with E-state index < -0.39 is 0 Å². The van der Waals surface area contributed by atoms with E-state index in [1.165, 1.54) is 24.8 Å². The second-order valence-electron chi connectivity index (χ2n) is 3.40. The average Bonchev–Trinajstić information content (AvgIpc) is 2.15. The molecule has 0 aromatic rings. The van der Waals surface area contributed by atoms with Crippen molar-refractivity contribution in [3.63, 3.8) is 0 Å². The fourth-order valence-corrected chi connectivity index (χ4v) is 1.43. The first-order valence-electron chi connectivity index (χ1n) is 4.86. The first-order valence-corrected chi connectivity index (χ1v) is 4.86. The zero-order valence-corrected chi connectivity index (χ0v) is 8.14. The molecule has 0 aromatic heterocycles. The van der Waals surface area contributed by atoms with Gasteiger partial charge in [0.15, 0.2) is 0 Å². The van der Waals surface area contributed by atoms with Crippen molar-refractivity contribution in [3.05, 3.63) is 35.5 Å². The van der Waals surface area contributed by atoms with Crippen LogP contribution in [0.5, 0.6) is 0 Å². The van der Waals surface area contributed by atoms with Gasteiger partial charge in [-0.15, -0.1) is 0 Å². The summed E-state index contributed by atoms with van der Waals surface area (Å²) in [6, 6.07) is 0. The highest BCUT2D eigenvalue weighted by Gasteiger charge is 1.98. The van der Waals surface area contributed by atoms with Crippen LogP contribution in [0.3, 0.4) is 0 Å². The summed E-state index contributed by atoms with van der Waals surface area (Å²) in [5.74, 6) is 0. The zero-order chi connectivity index (χ0) is 8.81. The lowest BCUT2D eigenvalue weighted by Crippen LogP contribution is -1.87. The van der Waals surface area contributed by atoms with Gasteiger partial charge in [0.1, 0.15) is 0 Å². The second-order valence-corrected chi connectivity index (χ2v) is 3.40. The van der Waals surface area contributed by atoms with E-state index in [1.807, 2.05) is 0 Å². The van der Waals surface area contributed by atoms with Crippen LogP contribution in [-0.2, 0) is 0 Å². The fraction of sp³-hybridized carbons (Fsp3) is 0.500. The highest BCUT2D eigenvalue weighted by Crippen LogP contribution is 2.18. The smallest absolute Gasteiger partial charge is 0.00949 e. The maximum atomic E-state index is 2.26. The third kappa shape index (κ3) is 2.69. The van der Waals surface area contributed by atoms with Crippen LogP contribution in [0, 0.1) is 0 Å². The minimum absolute atomic E-state index is 1.13. The third-order valence-corrected chi connectivity index (χ3v) is 2.34. The highest BCUT2D eigenvalue weighted by molar-refractivity contribution is 5.32. The summed E-state index contributed by atoms with van der Waals surface area (Å²) >= 11 is 0. The standard InChI is InChI=1S/C12H18/c1-3-4-8-11(2)12-9-6-5-7-10-12/h5-7,9H,3-4,8,10H2,1-2H3/b12-11-. The molecule has 0 atom stereocenters. The Morgan fingerprint density at radius 2 is 2.25 bits per heavy atom. The molecule has 0 saturated carbocycles. The topological polar surface area (TPSA) is 0 Å². The van der Waals surface area contributed by atoms with Crippen molar-refractivity contribution in [2.45, 2.75) is 39.5 Å². The van der Waals surface area contributed by atoms with Gasteiger partial charge in [-0.05, 0) is 31.8 Å². The quantitative estimate of drug-likeness (QED) is 0.588. The Morgan fingerprint density at radius 3 is 2.83 bits per heavy atom. The maximum Gasteiger partial charge on any atom is -0.00949 e. The maximum absolute atomic E-state index is 2.26. The Kier molecular flexibility index (Phi) is 3.86. The van der Waals surface area contributed by atoms with Gasteiger partial charge < -0.3 is 0 Å². The number of hydrogen-bond acceptors (Lipinski definition) is 0. The van der Waals surface area contributed by atoms with Gasteiger partial charge in [-0.3, -0.25) is 0 Å². The summed E-state index contributed by atoms with van der Waals surface area (Å²) in [5.41, 5.74) is 3.09. The van der Waals surface area contributed by atoms with Gasteiger partial charge >= 0.3 is 0 Å². The number of unbranched alkanes of at least 4 members (excludes halogenated alkanes) is 1. The van der Waals surface area contributed by atoms with E-state index in [0.717, 1.165) is 6.42 Å². The Bertz CT molecular complexity index is 216. The summed E-state index contributed by atoms with van der Waals surface area (Å²) < 4.78 is 0. The van der Waals surface area contributed by atoms with Crippen LogP contribution in [0.25, 0.3) is 0 Å². The molecule has 0 aliphatic heterocycles. The summed E-state index contributed by atoms with van der Waals surface area (Å²) in [4.78, 5) is 0. The summed E-state index contributed by atoms with van der Waals surface area (Å²) in [7, 11) is 0. The van der Waals surface area contributed by atoms with Crippen LogP contribution in [0.15, 0.2) is 35.5 Å². The molecule has 0 bridgehead atoms. The molecule has 0 saturated heterocycles. The SMILES string of the molecule is CCCC/C(C)=C1/C=CC=CC1. The average molecular weight is 162 g/mol. The Balaban J connectivity index is 2.51. The van der Waals surface area contributed by atoms with Crippen molar-refractivity contribution < 1.29 is 0 Å². The molecule has 0 radical (unpaired) electrons. The molecule has 1 rings (SSSR count). The van der Waals surface area contributed by atoms with Crippen LogP contribution in [0.4, 0.5) is 0 Å². The van der Waals surface area contributed by atoms with Crippen molar-refractivity contribution in [1.29, 1.82) is 0 Å².